The van der Waals surface area contributed by atoms with E-state index in [1.54, 1.807) is 23.1 Å². The Bertz CT molecular complexity index is 1150. The van der Waals surface area contributed by atoms with Gasteiger partial charge in [-0.1, -0.05) is 17.4 Å². The smallest absolute Gasteiger partial charge is 0.269 e. The number of thiazole rings is 1. The zero-order valence-corrected chi connectivity index (χ0v) is 18.2. The van der Waals surface area contributed by atoms with Crippen molar-refractivity contribution in [2.75, 3.05) is 18.1 Å². The van der Waals surface area contributed by atoms with Crippen molar-refractivity contribution in [1.82, 2.24) is 4.98 Å². The first-order chi connectivity index (χ1) is 14.9. The Hall–Kier alpha value is -3.10. The van der Waals surface area contributed by atoms with Crippen molar-refractivity contribution in [3.8, 4) is 0 Å². The number of carbonyl (C=O) groups is 1. The zero-order valence-electron chi connectivity index (χ0n) is 17.4. The number of ether oxygens (including phenoxy) is 1. The number of fused-ring (bicyclic) bond motifs is 1. The van der Waals surface area contributed by atoms with Gasteiger partial charge in [0.05, 0.1) is 27.8 Å². The van der Waals surface area contributed by atoms with Crippen molar-refractivity contribution in [2.24, 2.45) is 0 Å². The van der Waals surface area contributed by atoms with Crippen LogP contribution in [0.1, 0.15) is 29.5 Å². The normalized spacial score (nSPS) is 16.3. The summed E-state index contributed by atoms with van der Waals surface area (Å²) in [5, 5.41) is 11.5. The lowest BCUT2D eigenvalue weighted by molar-refractivity contribution is -0.384. The third-order valence-corrected chi connectivity index (χ3v) is 6.47. The van der Waals surface area contributed by atoms with E-state index < -0.39 is 4.92 Å². The van der Waals surface area contributed by atoms with Crippen LogP contribution in [-0.2, 0) is 9.53 Å². The van der Waals surface area contributed by atoms with Crippen LogP contribution >= 0.6 is 11.3 Å². The molecule has 1 aliphatic rings. The average Bonchev–Trinajstić information content (AvgIpc) is 3.40. The second kappa shape index (κ2) is 8.95. The molecule has 4 rings (SSSR count). The summed E-state index contributed by atoms with van der Waals surface area (Å²) in [4.78, 5) is 29.9. The molecule has 0 radical (unpaired) electrons. The molecule has 3 aromatic rings. The van der Waals surface area contributed by atoms with Crippen LogP contribution in [-0.4, -0.2) is 35.1 Å². The summed E-state index contributed by atoms with van der Waals surface area (Å²) >= 11 is 1.51. The molecule has 1 atom stereocenters. The maximum atomic E-state index is 13.2. The molecule has 2 heterocycles. The zero-order chi connectivity index (χ0) is 22.0. The van der Waals surface area contributed by atoms with Crippen LogP contribution in [0.25, 0.3) is 16.3 Å². The number of nitro groups is 1. The van der Waals surface area contributed by atoms with E-state index in [1.165, 1.54) is 29.5 Å². The molecule has 31 heavy (non-hydrogen) atoms. The third-order valence-electron chi connectivity index (χ3n) is 5.24. The number of hydrogen-bond donors (Lipinski definition) is 0. The minimum absolute atomic E-state index is 0.00781. The summed E-state index contributed by atoms with van der Waals surface area (Å²) in [5.74, 6) is -0.192. The summed E-state index contributed by atoms with van der Waals surface area (Å²) in [5.41, 5.74) is 3.90. The number of non-ortho nitro benzene ring substituents is 1. The summed E-state index contributed by atoms with van der Waals surface area (Å²) in [6.45, 7) is 5.25. The molecule has 8 heteroatoms. The molecule has 1 saturated heterocycles. The molecule has 1 aromatic heterocycles. The monoisotopic (exact) mass is 437 g/mol. The molecule has 0 spiro atoms. The highest BCUT2D eigenvalue weighted by Crippen LogP contribution is 2.33. The van der Waals surface area contributed by atoms with Gasteiger partial charge >= 0.3 is 0 Å². The summed E-state index contributed by atoms with van der Waals surface area (Å²) in [6, 6.07) is 10.2. The number of benzene rings is 2. The number of amides is 1. The second-order valence-electron chi connectivity index (χ2n) is 7.69. The molecular weight excluding hydrogens is 414 g/mol. The Kier molecular flexibility index (Phi) is 6.11. The van der Waals surface area contributed by atoms with Crippen molar-refractivity contribution in [3.05, 3.63) is 69.3 Å². The lowest BCUT2D eigenvalue weighted by Crippen LogP contribution is -2.36. The van der Waals surface area contributed by atoms with Crippen LogP contribution < -0.4 is 4.90 Å². The number of hydrogen-bond acceptors (Lipinski definition) is 6. The predicted molar refractivity (Wildman–Crippen MR) is 123 cm³/mol. The average molecular weight is 438 g/mol. The van der Waals surface area contributed by atoms with Crippen molar-refractivity contribution in [3.63, 3.8) is 0 Å². The van der Waals surface area contributed by atoms with Crippen molar-refractivity contribution in [2.45, 2.75) is 32.8 Å². The summed E-state index contributed by atoms with van der Waals surface area (Å²) < 4.78 is 6.84. The molecule has 1 aliphatic heterocycles. The fraction of sp³-hybridized carbons (Fsp3) is 0.304. The SMILES string of the molecule is Cc1cc(C)c2sc(N(CC3CCCO3)C(=O)/C=C\c3ccc([N+](=O)[O-])cc3)nc2c1. The van der Waals surface area contributed by atoms with Crippen molar-refractivity contribution >= 4 is 44.4 Å². The van der Waals surface area contributed by atoms with Crippen LogP contribution in [0.3, 0.4) is 0 Å². The number of carbonyl (C=O) groups excluding carboxylic acids is 1. The molecule has 7 nitrogen and oxygen atoms in total. The molecule has 2 aromatic carbocycles. The fourth-order valence-corrected chi connectivity index (χ4v) is 4.73. The lowest BCUT2D eigenvalue weighted by Gasteiger charge is -2.21. The number of anilines is 1. The highest BCUT2D eigenvalue weighted by atomic mass is 32.1. The van der Waals surface area contributed by atoms with Gasteiger partial charge < -0.3 is 4.74 Å². The quantitative estimate of drug-likeness (QED) is 0.306. The first-order valence-electron chi connectivity index (χ1n) is 10.1. The van der Waals surface area contributed by atoms with Gasteiger partial charge in [-0.25, -0.2) is 4.98 Å². The Morgan fingerprint density at radius 2 is 2.10 bits per heavy atom. The first-order valence-corrected chi connectivity index (χ1v) is 11.0. The van der Waals surface area contributed by atoms with Crippen LogP contribution in [0.2, 0.25) is 0 Å². The highest BCUT2D eigenvalue weighted by Gasteiger charge is 2.25. The van der Waals surface area contributed by atoms with Gasteiger partial charge in [-0.15, -0.1) is 0 Å². The largest absolute Gasteiger partial charge is 0.376 e. The van der Waals surface area contributed by atoms with Gasteiger partial charge in [0.15, 0.2) is 5.13 Å². The van der Waals surface area contributed by atoms with E-state index in [4.69, 9.17) is 9.72 Å². The number of nitro benzene ring substituents is 1. The summed E-state index contributed by atoms with van der Waals surface area (Å²) in [6.07, 6.45) is 5.05. The maximum Gasteiger partial charge on any atom is 0.269 e. The number of rotatable bonds is 6. The minimum atomic E-state index is -0.446. The molecule has 1 amide bonds. The summed E-state index contributed by atoms with van der Waals surface area (Å²) in [7, 11) is 0. The van der Waals surface area contributed by atoms with E-state index in [0.717, 1.165) is 34.2 Å². The molecule has 0 bridgehead atoms. The third kappa shape index (κ3) is 4.81. The van der Waals surface area contributed by atoms with Gasteiger partial charge in [0.25, 0.3) is 11.6 Å². The van der Waals surface area contributed by atoms with Crippen molar-refractivity contribution < 1.29 is 14.5 Å². The molecular formula is C23H23N3O4S. The van der Waals surface area contributed by atoms with Gasteiger partial charge in [-0.05, 0) is 67.7 Å². The van der Waals surface area contributed by atoms with Crippen LogP contribution in [0, 0.1) is 24.0 Å². The molecule has 0 aliphatic carbocycles. The van der Waals surface area contributed by atoms with E-state index in [0.29, 0.717) is 23.8 Å². The Balaban J connectivity index is 1.62. The van der Waals surface area contributed by atoms with Gasteiger partial charge in [-0.3, -0.25) is 19.8 Å². The Labute approximate surface area is 184 Å². The predicted octanol–water partition coefficient (Wildman–Crippen LogP) is 5.05. The van der Waals surface area contributed by atoms with E-state index in [1.807, 2.05) is 13.0 Å². The van der Waals surface area contributed by atoms with E-state index in [-0.39, 0.29) is 17.7 Å². The van der Waals surface area contributed by atoms with Gasteiger partial charge in [0, 0.05) is 24.8 Å². The minimum Gasteiger partial charge on any atom is -0.376 e. The topological polar surface area (TPSA) is 85.6 Å². The standard InChI is InChI=1S/C23H23N3O4S/c1-15-12-16(2)22-20(13-15)24-23(31-22)25(14-19-4-3-11-30-19)21(27)10-7-17-5-8-18(9-6-17)26(28)29/h5-10,12-13,19H,3-4,11,14H2,1-2H3/b10-7-. The molecule has 0 N–H and O–H groups in total. The van der Waals surface area contributed by atoms with Crippen LogP contribution in [0.4, 0.5) is 10.8 Å². The fourth-order valence-electron chi connectivity index (χ4n) is 3.70. The second-order valence-corrected chi connectivity index (χ2v) is 8.67. The molecule has 1 fully saturated rings. The maximum absolute atomic E-state index is 13.2. The Morgan fingerprint density at radius 3 is 2.77 bits per heavy atom. The van der Waals surface area contributed by atoms with Gasteiger partial charge in [0.1, 0.15) is 0 Å². The Morgan fingerprint density at radius 1 is 1.32 bits per heavy atom. The molecule has 1 unspecified atom stereocenters. The number of nitrogens with zero attached hydrogens (tertiary/aromatic N) is 3. The number of aryl methyl sites for hydroxylation is 2. The van der Waals surface area contributed by atoms with E-state index in [9.17, 15) is 14.9 Å². The van der Waals surface area contributed by atoms with E-state index >= 15 is 0 Å². The van der Waals surface area contributed by atoms with Gasteiger partial charge in [-0.2, -0.15) is 0 Å². The lowest BCUT2D eigenvalue weighted by atomic mass is 10.1. The molecule has 160 valence electrons. The van der Waals surface area contributed by atoms with Crippen LogP contribution in [0.15, 0.2) is 42.5 Å². The van der Waals surface area contributed by atoms with Gasteiger partial charge in [0.2, 0.25) is 0 Å². The first kappa shape index (κ1) is 21.1. The van der Waals surface area contributed by atoms with E-state index in [2.05, 4.69) is 13.0 Å². The molecule has 0 saturated carbocycles. The van der Waals surface area contributed by atoms with Crippen LogP contribution in [0.5, 0.6) is 0 Å². The highest BCUT2D eigenvalue weighted by molar-refractivity contribution is 7.22. The number of aromatic nitrogens is 1. The van der Waals surface area contributed by atoms with Crippen molar-refractivity contribution in [1.29, 1.82) is 0 Å².